The Morgan fingerprint density at radius 1 is 1.19 bits per heavy atom. The summed E-state index contributed by atoms with van der Waals surface area (Å²) in [5.74, 6) is 2.97. The summed E-state index contributed by atoms with van der Waals surface area (Å²) < 4.78 is 11.2. The molecule has 1 N–H and O–H groups in total. The van der Waals surface area contributed by atoms with Crippen LogP contribution in [0.5, 0.6) is 11.5 Å². The third kappa shape index (κ3) is 3.88. The molecule has 1 saturated carbocycles. The number of hydrogen-bond acceptors (Lipinski definition) is 5. The molecule has 2 fully saturated rings. The lowest BCUT2D eigenvalue weighted by Gasteiger charge is -2.28. The molecule has 1 aromatic rings. The van der Waals surface area contributed by atoms with Gasteiger partial charge in [0.2, 0.25) is 11.8 Å². The van der Waals surface area contributed by atoms with Gasteiger partial charge in [0.1, 0.15) is 19.3 Å². The molecule has 0 unspecified atom stereocenters. The predicted octanol–water partition coefficient (Wildman–Crippen LogP) is 2.38. The van der Waals surface area contributed by atoms with Gasteiger partial charge in [0.25, 0.3) is 0 Å². The van der Waals surface area contributed by atoms with Crippen LogP contribution in [0.4, 0.5) is 0 Å². The van der Waals surface area contributed by atoms with Crippen LogP contribution >= 0.6 is 11.8 Å². The quantitative estimate of drug-likeness (QED) is 0.858. The summed E-state index contributed by atoms with van der Waals surface area (Å²) in [5.41, 5.74) is 0.812. The van der Waals surface area contributed by atoms with E-state index < -0.39 is 0 Å². The molecule has 1 aromatic carbocycles. The molecule has 0 bridgehead atoms. The average Bonchev–Trinajstić information content (AvgIpc) is 3.26. The number of rotatable bonds is 3. The summed E-state index contributed by atoms with van der Waals surface area (Å²) in [6, 6.07) is 5.57. The number of thioether (sulfide) groups is 1. The minimum absolute atomic E-state index is 0.0452. The summed E-state index contributed by atoms with van der Waals surface area (Å²) in [6.45, 7) is 6.99. The van der Waals surface area contributed by atoms with Crippen molar-refractivity contribution in [1.82, 2.24) is 10.2 Å². The molecule has 1 aliphatic carbocycles. The van der Waals surface area contributed by atoms with Crippen LogP contribution in [0.2, 0.25) is 0 Å². The van der Waals surface area contributed by atoms with E-state index in [4.69, 9.17) is 9.47 Å². The average molecular weight is 391 g/mol. The van der Waals surface area contributed by atoms with Crippen molar-refractivity contribution >= 4 is 23.6 Å². The zero-order valence-electron chi connectivity index (χ0n) is 16.0. The molecule has 3 atom stereocenters. The van der Waals surface area contributed by atoms with E-state index in [1.807, 2.05) is 39.0 Å². The van der Waals surface area contributed by atoms with Gasteiger partial charge in [-0.2, -0.15) is 0 Å². The van der Waals surface area contributed by atoms with E-state index in [9.17, 15) is 9.59 Å². The number of carbonyl (C=O) groups excluding carboxylic acids is 2. The fourth-order valence-corrected chi connectivity index (χ4v) is 4.83. The largest absolute Gasteiger partial charge is 0.486 e. The molecule has 0 aromatic heterocycles. The van der Waals surface area contributed by atoms with E-state index in [1.165, 1.54) is 0 Å². The molecule has 0 radical (unpaired) electrons. The van der Waals surface area contributed by atoms with Gasteiger partial charge in [0, 0.05) is 17.2 Å². The molecular formula is C20H26N2O4S. The van der Waals surface area contributed by atoms with E-state index in [2.05, 4.69) is 5.32 Å². The van der Waals surface area contributed by atoms with E-state index in [0.29, 0.717) is 24.8 Å². The number of hydrogen-bond donors (Lipinski definition) is 1. The SMILES string of the molecule is CC(C)(C)NC(=O)[C@@H]1CSCN1C(=O)[C@@H]1C[C@@H]1c1ccc2c(c1)OCCO2. The molecule has 2 heterocycles. The number of nitrogens with zero attached hydrogens (tertiary/aromatic N) is 1. The first-order valence-corrected chi connectivity index (χ1v) is 10.6. The van der Waals surface area contributed by atoms with Gasteiger partial charge in [0.05, 0.1) is 5.88 Å². The summed E-state index contributed by atoms with van der Waals surface area (Å²) in [7, 11) is 0. The van der Waals surface area contributed by atoms with Crippen molar-refractivity contribution in [2.45, 2.75) is 44.7 Å². The fourth-order valence-electron chi connectivity index (χ4n) is 3.67. The number of benzene rings is 1. The lowest BCUT2D eigenvalue weighted by atomic mass is 10.1. The van der Waals surface area contributed by atoms with Crippen molar-refractivity contribution in [3.63, 3.8) is 0 Å². The van der Waals surface area contributed by atoms with Crippen LogP contribution in [0.15, 0.2) is 18.2 Å². The maximum atomic E-state index is 13.0. The lowest BCUT2D eigenvalue weighted by Crippen LogP contribution is -2.52. The van der Waals surface area contributed by atoms with Crippen LogP contribution in [0.3, 0.4) is 0 Å². The maximum absolute atomic E-state index is 13.0. The lowest BCUT2D eigenvalue weighted by molar-refractivity contribution is -0.139. The standard InChI is InChI=1S/C20H26N2O4S/c1-20(2,3)21-18(23)15-10-27-11-22(15)19(24)14-9-13(14)12-4-5-16-17(8-12)26-7-6-25-16/h4-5,8,13-15H,6-7,9-11H2,1-3H3,(H,21,23)/t13-,14-,15+/m1/s1. The van der Waals surface area contributed by atoms with Gasteiger partial charge < -0.3 is 19.7 Å². The first kappa shape index (κ1) is 18.5. The van der Waals surface area contributed by atoms with Crippen LogP contribution in [0.1, 0.15) is 38.7 Å². The number of ether oxygens (including phenoxy) is 2. The van der Waals surface area contributed by atoms with Gasteiger partial charge in [0.15, 0.2) is 11.5 Å². The minimum Gasteiger partial charge on any atom is -0.486 e. The smallest absolute Gasteiger partial charge is 0.244 e. The molecular weight excluding hydrogens is 364 g/mol. The Hall–Kier alpha value is -1.89. The number of fused-ring (bicyclic) bond motifs is 1. The second kappa shape index (κ2) is 6.93. The van der Waals surface area contributed by atoms with Gasteiger partial charge in [-0.1, -0.05) is 6.07 Å². The second-order valence-corrected chi connectivity index (χ2v) is 9.41. The Kier molecular flexibility index (Phi) is 4.74. The van der Waals surface area contributed by atoms with Crippen LogP contribution < -0.4 is 14.8 Å². The van der Waals surface area contributed by atoms with Crippen molar-refractivity contribution < 1.29 is 19.1 Å². The Labute approximate surface area is 164 Å². The molecule has 2 amide bonds. The molecule has 27 heavy (non-hydrogen) atoms. The maximum Gasteiger partial charge on any atom is 0.244 e. The molecule has 146 valence electrons. The highest BCUT2D eigenvalue weighted by Crippen LogP contribution is 2.50. The topological polar surface area (TPSA) is 67.9 Å². The number of amides is 2. The molecule has 7 heteroatoms. The summed E-state index contributed by atoms with van der Waals surface area (Å²) in [6.07, 6.45) is 0.827. The van der Waals surface area contributed by atoms with Crippen molar-refractivity contribution in [2.24, 2.45) is 5.92 Å². The summed E-state index contributed by atoms with van der Waals surface area (Å²) in [5, 5.41) is 3.01. The van der Waals surface area contributed by atoms with Gasteiger partial charge in [-0.05, 0) is 50.8 Å². The Morgan fingerprint density at radius 2 is 1.93 bits per heavy atom. The zero-order valence-corrected chi connectivity index (χ0v) is 16.8. The molecule has 0 spiro atoms. The third-order valence-electron chi connectivity index (χ3n) is 5.07. The van der Waals surface area contributed by atoms with Gasteiger partial charge >= 0.3 is 0 Å². The Bertz CT molecular complexity index is 761. The van der Waals surface area contributed by atoms with E-state index in [0.717, 1.165) is 23.5 Å². The van der Waals surface area contributed by atoms with Gasteiger partial charge in [-0.25, -0.2) is 0 Å². The second-order valence-electron chi connectivity index (χ2n) is 8.41. The van der Waals surface area contributed by atoms with E-state index in [1.54, 1.807) is 16.7 Å². The molecule has 2 aliphatic heterocycles. The van der Waals surface area contributed by atoms with E-state index >= 15 is 0 Å². The van der Waals surface area contributed by atoms with Crippen molar-refractivity contribution in [1.29, 1.82) is 0 Å². The molecule has 4 rings (SSSR count). The van der Waals surface area contributed by atoms with Crippen LogP contribution in [-0.2, 0) is 9.59 Å². The highest BCUT2D eigenvalue weighted by Gasteiger charge is 2.49. The predicted molar refractivity (Wildman–Crippen MR) is 104 cm³/mol. The highest BCUT2D eigenvalue weighted by atomic mass is 32.2. The normalized spacial score (nSPS) is 26.6. The highest BCUT2D eigenvalue weighted by molar-refractivity contribution is 7.99. The summed E-state index contributed by atoms with van der Waals surface area (Å²) in [4.78, 5) is 27.4. The van der Waals surface area contributed by atoms with E-state index in [-0.39, 0.29) is 35.2 Å². The Balaban J connectivity index is 1.42. The summed E-state index contributed by atoms with van der Waals surface area (Å²) >= 11 is 1.64. The van der Waals surface area contributed by atoms with Gasteiger partial charge in [-0.15, -0.1) is 11.8 Å². The molecule has 3 aliphatic rings. The zero-order chi connectivity index (χ0) is 19.2. The fraction of sp³-hybridized carbons (Fsp3) is 0.600. The monoisotopic (exact) mass is 390 g/mol. The Morgan fingerprint density at radius 3 is 2.67 bits per heavy atom. The van der Waals surface area contributed by atoms with Crippen molar-refractivity contribution in [2.75, 3.05) is 24.8 Å². The first-order valence-electron chi connectivity index (χ1n) is 9.43. The van der Waals surface area contributed by atoms with Gasteiger partial charge in [-0.3, -0.25) is 9.59 Å². The molecule has 1 saturated heterocycles. The number of nitrogens with one attached hydrogen (secondary N) is 1. The number of carbonyl (C=O) groups is 2. The van der Waals surface area contributed by atoms with Crippen LogP contribution in [-0.4, -0.2) is 53.1 Å². The first-order chi connectivity index (χ1) is 12.8. The minimum atomic E-state index is -0.372. The van der Waals surface area contributed by atoms with Crippen molar-refractivity contribution in [3.8, 4) is 11.5 Å². The van der Waals surface area contributed by atoms with Crippen LogP contribution in [0, 0.1) is 5.92 Å². The van der Waals surface area contributed by atoms with Crippen molar-refractivity contribution in [3.05, 3.63) is 23.8 Å². The van der Waals surface area contributed by atoms with Crippen LogP contribution in [0.25, 0.3) is 0 Å². The third-order valence-corrected chi connectivity index (χ3v) is 6.08. The molecule has 6 nitrogen and oxygen atoms in total.